The van der Waals surface area contributed by atoms with E-state index in [0.29, 0.717) is 26.5 Å². The first-order valence-electron chi connectivity index (χ1n) is 6.89. The van der Waals surface area contributed by atoms with Crippen molar-refractivity contribution >= 4 is 46.4 Å². The average Bonchev–Trinajstić information content (AvgIpc) is 2.86. The van der Waals surface area contributed by atoms with E-state index in [-0.39, 0.29) is 0 Å². The lowest BCUT2D eigenvalue weighted by Crippen LogP contribution is -1.91. The van der Waals surface area contributed by atoms with Crippen LogP contribution in [-0.2, 0) is 6.42 Å². The lowest BCUT2D eigenvalue weighted by molar-refractivity contribution is 1.02. The molecule has 0 spiro atoms. The van der Waals surface area contributed by atoms with Crippen LogP contribution in [0.3, 0.4) is 0 Å². The number of hydrogen-bond donors (Lipinski definition) is 1. The summed E-state index contributed by atoms with van der Waals surface area (Å²) >= 11 is 24.3. The van der Waals surface area contributed by atoms with E-state index in [1.807, 2.05) is 25.1 Å². The molecule has 3 aromatic rings. The largest absolute Gasteiger partial charge is 0.345 e. The Morgan fingerprint density at radius 3 is 2.39 bits per heavy atom. The number of benzene rings is 2. The molecule has 118 valence electrons. The molecule has 0 fully saturated rings. The van der Waals surface area contributed by atoms with Crippen LogP contribution in [0.4, 0.5) is 0 Å². The number of aryl methyl sites for hydroxylation is 1. The minimum atomic E-state index is 0.533. The molecule has 0 bridgehead atoms. The summed E-state index contributed by atoms with van der Waals surface area (Å²) in [5, 5.41) is 2.31. The van der Waals surface area contributed by atoms with Crippen molar-refractivity contribution in [2.45, 2.75) is 13.3 Å². The third-order valence-corrected chi connectivity index (χ3v) is 4.78. The van der Waals surface area contributed by atoms with Gasteiger partial charge in [-0.2, -0.15) is 0 Å². The van der Waals surface area contributed by atoms with Crippen LogP contribution in [0, 0.1) is 6.92 Å². The molecule has 0 saturated carbocycles. The molecule has 6 heteroatoms. The third-order valence-electron chi connectivity index (χ3n) is 3.47. The van der Waals surface area contributed by atoms with Gasteiger partial charge in [0.15, 0.2) is 0 Å². The van der Waals surface area contributed by atoms with Gasteiger partial charge in [-0.25, -0.2) is 4.98 Å². The highest BCUT2D eigenvalue weighted by Gasteiger charge is 2.13. The van der Waals surface area contributed by atoms with E-state index < -0.39 is 0 Å². The summed E-state index contributed by atoms with van der Waals surface area (Å²) < 4.78 is 0. The van der Waals surface area contributed by atoms with E-state index in [0.717, 1.165) is 28.3 Å². The highest BCUT2D eigenvalue weighted by atomic mass is 35.5. The monoisotopic (exact) mass is 384 g/mol. The maximum atomic E-state index is 6.27. The summed E-state index contributed by atoms with van der Waals surface area (Å²) in [6, 6.07) is 10.9. The van der Waals surface area contributed by atoms with Crippen LogP contribution in [0.25, 0.3) is 11.3 Å². The van der Waals surface area contributed by atoms with Gasteiger partial charge >= 0.3 is 0 Å². The molecule has 0 atom stereocenters. The van der Waals surface area contributed by atoms with Crippen molar-refractivity contribution in [2.24, 2.45) is 0 Å². The first-order chi connectivity index (χ1) is 10.9. The molecular formula is C17H12Cl4N2. The van der Waals surface area contributed by atoms with Crippen molar-refractivity contribution in [3.63, 3.8) is 0 Å². The predicted octanol–water partition coefficient (Wildman–Crippen LogP) is 6.59. The molecule has 1 N–H and O–H groups in total. The van der Waals surface area contributed by atoms with Gasteiger partial charge in [-0.05, 0) is 42.8 Å². The van der Waals surface area contributed by atoms with E-state index in [2.05, 4.69) is 9.97 Å². The van der Waals surface area contributed by atoms with Gasteiger partial charge < -0.3 is 4.98 Å². The Hall–Kier alpha value is -1.19. The molecule has 0 radical (unpaired) electrons. The Morgan fingerprint density at radius 1 is 0.913 bits per heavy atom. The van der Waals surface area contributed by atoms with Gasteiger partial charge in [0, 0.05) is 22.7 Å². The van der Waals surface area contributed by atoms with Crippen LogP contribution in [0.5, 0.6) is 0 Å². The van der Waals surface area contributed by atoms with Gasteiger partial charge in [-0.3, -0.25) is 0 Å². The fourth-order valence-corrected chi connectivity index (χ4v) is 3.09. The molecule has 0 aliphatic heterocycles. The summed E-state index contributed by atoms with van der Waals surface area (Å²) in [4.78, 5) is 7.94. The fraction of sp³-hybridized carbons (Fsp3) is 0.118. The molecule has 0 aliphatic carbocycles. The Balaban J connectivity index is 1.94. The standard InChI is InChI=1S/C17H12Cl4N2/c1-9-17(12-8-11(18)3-5-13(12)19)23-16(22-9)7-10-2-4-14(20)15(21)6-10/h2-6,8H,7H2,1H3,(H,22,23). The number of aromatic amines is 1. The Morgan fingerprint density at radius 2 is 1.65 bits per heavy atom. The maximum Gasteiger partial charge on any atom is 0.111 e. The van der Waals surface area contributed by atoms with Gasteiger partial charge in [-0.15, -0.1) is 0 Å². The second kappa shape index (κ2) is 6.74. The summed E-state index contributed by atoms with van der Waals surface area (Å²) in [6.45, 7) is 1.96. The molecule has 0 aliphatic rings. The van der Waals surface area contributed by atoms with Crippen LogP contribution in [0.2, 0.25) is 20.1 Å². The van der Waals surface area contributed by atoms with Crippen LogP contribution in [0.1, 0.15) is 17.1 Å². The van der Waals surface area contributed by atoms with Crippen LogP contribution < -0.4 is 0 Å². The number of imidazole rings is 1. The second-order valence-corrected chi connectivity index (χ2v) is 6.86. The van der Waals surface area contributed by atoms with Gasteiger partial charge in [0.05, 0.1) is 20.8 Å². The summed E-state index contributed by atoms with van der Waals surface area (Å²) in [6.07, 6.45) is 0.621. The molecule has 0 unspecified atom stereocenters. The molecule has 23 heavy (non-hydrogen) atoms. The third kappa shape index (κ3) is 3.67. The first-order valence-corrected chi connectivity index (χ1v) is 8.40. The molecule has 0 amide bonds. The van der Waals surface area contributed by atoms with Crippen molar-refractivity contribution < 1.29 is 0 Å². The minimum absolute atomic E-state index is 0.533. The van der Waals surface area contributed by atoms with Crippen molar-refractivity contribution in [3.8, 4) is 11.3 Å². The molecule has 1 aromatic heterocycles. The SMILES string of the molecule is Cc1[nH]c(Cc2ccc(Cl)c(Cl)c2)nc1-c1cc(Cl)ccc1Cl. The zero-order valence-corrected chi connectivity index (χ0v) is 15.2. The highest BCUT2D eigenvalue weighted by Crippen LogP contribution is 2.32. The number of rotatable bonds is 3. The Labute approximate surface area is 154 Å². The van der Waals surface area contributed by atoms with E-state index in [1.165, 1.54) is 0 Å². The van der Waals surface area contributed by atoms with Gasteiger partial charge in [0.2, 0.25) is 0 Å². The molecule has 3 rings (SSSR count). The molecule has 1 heterocycles. The van der Waals surface area contributed by atoms with Gasteiger partial charge in [0.25, 0.3) is 0 Å². The van der Waals surface area contributed by atoms with E-state index in [1.54, 1.807) is 18.2 Å². The van der Waals surface area contributed by atoms with E-state index in [4.69, 9.17) is 46.4 Å². The molecule has 2 aromatic carbocycles. The summed E-state index contributed by atoms with van der Waals surface area (Å²) in [5.74, 6) is 0.826. The lowest BCUT2D eigenvalue weighted by Gasteiger charge is -2.03. The zero-order valence-electron chi connectivity index (χ0n) is 12.1. The number of nitrogens with zero attached hydrogens (tertiary/aromatic N) is 1. The first kappa shape index (κ1) is 16.7. The minimum Gasteiger partial charge on any atom is -0.345 e. The summed E-state index contributed by atoms with van der Waals surface area (Å²) in [7, 11) is 0. The number of H-pyrrole nitrogens is 1. The Kier molecular flexibility index (Phi) is 4.88. The normalized spacial score (nSPS) is 11.0. The number of aromatic nitrogens is 2. The number of hydrogen-bond acceptors (Lipinski definition) is 1. The molecular weight excluding hydrogens is 374 g/mol. The van der Waals surface area contributed by atoms with Crippen LogP contribution in [0.15, 0.2) is 36.4 Å². The molecule has 0 saturated heterocycles. The fourth-order valence-electron chi connectivity index (χ4n) is 2.39. The zero-order chi connectivity index (χ0) is 16.6. The average molecular weight is 386 g/mol. The van der Waals surface area contributed by atoms with Crippen LogP contribution >= 0.6 is 46.4 Å². The second-order valence-electron chi connectivity index (χ2n) is 5.21. The van der Waals surface area contributed by atoms with Gasteiger partial charge in [-0.1, -0.05) is 52.5 Å². The van der Waals surface area contributed by atoms with Crippen molar-refractivity contribution in [3.05, 3.63) is 73.6 Å². The lowest BCUT2D eigenvalue weighted by atomic mass is 10.1. The van der Waals surface area contributed by atoms with E-state index >= 15 is 0 Å². The van der Waals surface area contributed by atoms with E-state index in [9.17, 15) is 0 Å². The Bertz CT molecular complexity index is 871. The van der Waals surface area contributed by atoms with Crippen LogP contribution in [-0.4, -0.2) is 9.97 Å². The smallest absolute Gasteiger partial charge is 0.111 e. The topological polar surface area (TPSA) is 28.7 Å². The van der Waals surface area contributed by atoms with Crippen molar-refractivity contribution in [1.29, 1.82) is 0 Å². The highest BCUT2D eigenvalue weighted by molar-refractivity contribution is 6.42. The maximum absolute atomic E-state index is 6.27. The van der Waals surface area contributed by atoms with Crippen molar-refractivity contribution in [2.75, 3.05) is 0 Å². The quantitative estimate of drug-likeness (QED) is 0.541. The summed E-state index contributed by atoms with van der Waals surface area (Å²) in [5.41, 5.74) is 3.57. The number of nitrogens with one attached hydrogen (secondary N) is 1. The predicted molar refractivity (Wildman–Crippen MR) is 98.0 cm³/mol. The van der Waals surface area contributed by atoms with Gasteiger partial charge in [0.1, 0.15) is 5.82 Å². The molecule has 2 nitrogen and oxygen atoms in total. The van der Waals surface area contributed by atoms with Crippen molar-refractivity contribution in [1.82, 2.24) is 9.97 Å². The number of halogens is 4.